The molecule has 1 saturated carbocycles. The maximum absolute atomic E-state index is 8.87. The second-order valence-corrected chi connectivity index (χ2v) is 2.95. The van der Waals surface area contributed by atoms with Crippen LogP contribution in [0.3, 0.4) is 0 Å². The first-order chi connectivity index (χ1) is 4.23. The van der Waals surface area contributed by atoms with Crippen molar-refractivity contribution in [1.82, 2.24) is 0 Å². The fraction of sp³-hybridized carbons (Fsp3) is 1.00. The summed E-state index contributed by atoms with van der Waals surface area (Å²) < 4.78 is 5.16. The van der Waals surface area contributed by atoms with Crippen LogP contribution >= 0.6 is 0 Å². The summed E-state index contributed by atoms with van der Waals surface area (Å²) in [5.74, 6) is 0.604. The lowest BCUT2D eigenvalue weighted by Crippen LogP contribution is -2.34. The van der Waals surface area contributed by atoms with Crippen molar-refractivity contribution in [3.8, 4) is 0 Å². The molecule has 1 unspecified atom stereocenters. The molecule has 0 radical (unpaired) electrons. The quantitative estimate of drug-likeness (QED) is 0.612. The van der Waals surface area contributed by atoms with Gasteiger partial charge >= 0.3 is 0 Å². The first kappa shape index (κ1) is 7.03. The topological polar surface area (TPSA) is 29.5 Å². The molecule has 1 N–H and O–H groups in total. The van der Waals surface area contributed by atoms with Crippen molar-refractivity contribution in [2.45, 2.75) is 25.4 Å². The fourth-order valence-corrected chi connectivity index (χ4v) is 1.05. The number of methoxy groups -OCH3 is 1. The van der Waals surface area contributed by atoms with Crippen LogP contribution in [-0.4, -0.2) is 24.4 Å². The van der Waals surface area contributed by atoms with Crippen LogP contribution in [0.15, 0.2) is 0 Å². The molecule has 0 aromatic rings. The smallest absolute Gasteiger partial charge is 0.0908 e. The van der Waals surface area contributed by atoms with E-state index < -0.39 is 0 Å². The fourth-order valence-electron chi connectivity index (χ4n) is 1.05. The number of aliphatic hydroxyl groups is 1. The first-order valence-corrected chi connectivity index (χ1v) is 3.39. The predicted octanol–water partition coefficient (Wildman–Crippen LogP) is 0.794. The largest absolute Gasteiger partial charge is 0.393 e. The van der Waals surface area contributed by atoms with Crippen LogP contribution in [0.1, 0.15) is 19.8 Å². The molecular formula is C7H14O2. The lowest BCUT2D eigenvalue weighted by Gasteiger charge is -2.24. The van der Waals surface area contributed by atoms with Crippen molar-refractivity contribution in [2.75, 3.05) is 13.7 Å². The minimum atomic E-state index is -0.250. The first-order valence-electron chi connectivity index (χ1n) is 3.39. The SMILES string of the molecule is COC(C)(CO)C1CC1. The summed E-state index contributed by atoms with van der Waals surface area (Å²) in [6.07, 6.45) is 2.43. The summed E-state index contributed by atoms with van der Waals surface area (Å²) in [7, 11) is 1.66. The Bertz CT molecular complexity index is 93.1. The molecule has 0 spiro atoms. The Morgan fingerprint density at radius 3 is 2.33 bits per heavy atom. The van der Waals surface area contributed by atoms with Crippen LogP contribution in [0.2, 0.25) is 0 Å². The van der Waals surface area contributed by atoms with Gasteiger partial charge < -0.3 is 9.84 Å². The van der Waals surface area contributed by atoms with Crippen LogP contribution in [0.25, 0.3) is 0 Å². The van der Waals surface area contributed by atoms with Crippen molar-refractivity contribution in [2.24, 2.45) is 5.92 Å². The Balaban J connectivity index is 2.43. The molecule has 1 aliphatic rings. The molecule has 0 saturated heterocycles. The minimum Gasteiger partial charge on any atom is -0.393 e. The summed E-state index contributed by atoms with van der Waals surface area (Å²) in [5.41, 5.74) is -0.250. The van der Waals surface area contributed by atoms with E-state index in [9.17, 15) is 0 Å². The maximum atomic E-state index is 8.87. The summed E-state index contributed by atoms with van der Waals surface area (Å²) in [4.78, 5) is 0. The third-order valence-electron chi connectivity index (χ3n) is 2.22. The zero-order valence-corrected chi connectivity index (χ0v) is 6.05. The van der Waals surface area contributed by atoms with Crippen molar-refractivity contribution in [1.29, 1.82) is 0 Å². The predicted molar refractivity (Wildman–Crippen MR) is 35.2 cm³/mol. The standard InChI is InChI=1S/C7H14O2/c1-7(5-8,9-2)6-3-4-6/h6,8H,3-5H2,1-2H3. The number of aliphatic hydroxyl groups excluding tert-OH is 1. The Labute approximate surface area is 55.8 Å². The molecule has 1 rings (SSSR count). The maximum Gasteiger partial charge on any atom is 0.0908 e. The van der Waals surface area contributed by atoms with Gasteiger partial charge in [0.25, 0.3) is 0 Å². The molecule has 0 aliphatic heterocycles. The van der Waals surface area contributed by atoms with Gasteiger partial charge in [-0.2, -0.15) is 0 Å². The van der Waals surface area contributed by atoms with Gasteiger partial charge in [-0.15, -0.1) is 0 Å². The lowest BCUT2D eigenvalue weighted by atomic mass is 10.0. The molecule has 0 aromatic heterocycles. The minimum absolute atomic E-state index is 0.147. The number of rotatable bonds is 3. The molecule has 0 heterocycles. The number of hydrogen-bond donors (Lipinski definition) is 1. The van der Waals surface area contributed by atoms with E-state index in [2.05, 4.69) is 0 Å². The number of ether oxygens (including phenoxy) is 1. The van der Waals surface area contributed by atoms with Crippen LogP contribution in [0.5, 0.6) is 0 Å². The zero-order chi connectivity index (χ0) is 6.91. The van der Waals surface area contributed by atoms with Gasteiger partial charge in [-0.3, -0.25) is 0 Å². The number of hydrogen-bond acceptors (Lipinski definition) is 2. The van der Waals surface area contributed by atoms with Crippen LogP contribution < -0.4 is 0 Å². The second-order valence-electron chi connectivity index (χ2n) is 2.95. The van der Waals surface area contributed by atoms with Crippen molar-refractivity contribution < 1.29 is 9.84 Å². The van der Waals surface area contributed by atoms with Gasteiger partial charge in [-0.25, -0.2) is 0 Å². The third-order valence-corrected chi connectivity index (χ3v) is 2.22. The van der Waals surface area contributed by atoms with E-state index in [4.69, 9.17) is 9.84 Å². The van der Waals surface area contributed by atoms with Crippen molar-refractivity contribution in [3.63, 3.8) is 0 Å². The Hall–Kier alpha value is -0.0800. The van der Waals surface area contributed by atoms with E-state index in [0.717, 1.165) is 0 Å². The highest BCUT2D eigenvalue weighted by molar-refractivity contribution is 4.91. The average molecular weight is 130 g/mol. The Kier molecular flexibility index (Phi) is 1.78. The highest BCUT2D eigenvalue weighted by Gasteiger charge is 2.41. The van der Waals surface area contributed by atoms with E-state index in [0.29, 0.717) is 5.92 Å². The van der Waals surface area contributed by atoms with E-state index in [1.54, 1.807) is 7.11 Å². The van der Waals surface area contributed by atoms with Crippen molar-refractivity contribution >= 4 is 0 Å². The normalized spacial score (nSPS) is 25.7. The molecule has 0 amide bonds. The van der Waals surface area contributed by atoms with Crippen molar-refractivity contribution in [3.05, 3.63) is 0 Å². The second kappa shape index (κ2) is 2.27. The molecule has 1 aliphatic carbocycles. The van der Waals surface area contributed by atoms with Gasteiger partial charge in [-0.1, -0.05) is 0 Å². The molecule has 2 heteroatoms. The molecule has 54 valence electrons. The summed E-state index contributed by atoms with van der Waals surface area (Å²) in [5, 5.41) is 8.87. The molecule has 1 fully saturated rings. The van der Waals surface area contributed by atoms with Gasteiger partial charge in [-0.05, 0) is 25.7 Å². The van der Waals surface area contributed by atoms with Gasteiger partial charge in [0.1, 0.15) is 0 Å². The van der Waals surface area contributed by atoms with Gasteiger partial charge in [0.15, 0.2) is 0 Å². The summed E-state index contributed by atoms with van der Waals surface area (Å²) in [6.45, 7) is 2.11. The van der Waals surface area contributed by atoms with Gasteiger partial charge in [0.05, 0.1) is 12.2 Å². The summed E-state index contributed by atoms with van der Waals surface area (Å²) >= 11 is 0. The van der Waals surface area contributed by atoms with E-state index in [-0.39, 0.29) is 12.2 Å². The van der Waals surface area contributed by atoms with E-state index in [1.165, 1.54) is 12.8 Å². The molecule has 2 nitrogen and oxygen atoms in total. The van der Waals surface area contributed by atoms with Crippen LogP contribution in [0.4, 0.5) is 0 Å². The summed E-state index contributed by atoms with van der Waals surface area (Å²) in [6, 6.07) is 0. The van der Waals surface area contributed by atoms with E-state index >= 15 is 0 Å². The Morgan fingerprint density at radius 1 is 1.67 bits per heavy atom. The lowest BCUT2D eigenvalue weighted by molar-refractivity contribution is -0.0538. The highest BCUT2D eigenvalue weighted by Crippen LogP contribution is 2.40. The average Bonchev–Trinajstić information content (AvgIpc) is 2.68. The molecular weight excluding hydrogens is 116 g/mol. The zero-order valence-electron chi connectivity index (χ0n) is 6.05. The van der Waals surface area contributed by atoms with Gasteiger partial charge in [0.2, 0.25) is 0 Å². The molecule has 0 aromatic carbocycles. The van der Waals surface area contributed by atoms with Gasteiger partial charge in [0, 0.05) is 7.11 Å². The van der Waals surface area contributed by atoms with E-state index in [1.807, 2.05) is 6.92 Å². The molecule has 1 atom stereocenters. The monoisotopic (exact) mass is 130 g/mol. The Morgan fingerprint density at radius 2 is 2.22 bits per heavy atom. The highest BCUT2D eigenvalue weighted by atomic mass is 16.5. The third kappa shape index (κ3) is 1.25. The molecule has 0 bridgehead atoms. The van der Waals surface area contributed by atoms with Crippen LogP contribution in [-0.2, 0) is 4.74 Å². The van der Waals surface area contributed by atoms with Crippen LogP contribution in [0, 0.1) is 5.92 Å². The molecule has 9 heavy (non-hydrogen) atoms.